The molecule has 0 aromatic heterocycles. The molecule has 0 heterocycles. The van der Waals surface area contributed by atoms with E-state index in [1.807, 2.05) is 30.3 Å². The summed E-state index contributed by atoms with van der Waals surface area (Å²) in [5.74, 6) is -4.91. The number of Topliss-reactive ketones (excluding diaryl/α,β-unsaturated/α-hetero) is 1. The maximum atomic E-state index is 12.9. The summed E-state index contributed by atoms with van der Waals surface area (Å²) < 4.78 is 10.6. The minimum absolute atomic E-state index is 0.321. The van der Waals surface area contributed by atoms with E-state index in [-0.39, 0.29) is 6.42 Å². The van der Waals surface area contributed by atoms with E-state index in [1.54, 1.807) is 39.8 Å². The fourth-order valence-electron chi connectivity index (χ4n) is 3.71. The Morgan fingerprint density at radius 3 is 2.17 bits per heavy atom. The van der Waals surface area contributed by atoms with Crippen LogP contribution in [-0.4, -0.2) is 40.6 Å². The van der Waals surface area contributed by atoms with Gasteiger partial charge >= 0.3 is 11.9 Å². The summed E-state index contributed by atoms with van der Waals surface area (Å²) in [4.78, 5) is 38.4. The third-order valence-electron chi connectivity index (χ3n) is 4.84. The van der Waals surface area contributed by atoms with E-state index < -0.39 is 53.3 Å². The van der Waals surface area contributed by atoms with Crippen LogP contribution in [0.3, 0.4) is 0 Å². The molecular formula is C23H30O6. The second kappa shape index (κ2) is 9.35. The SMILES string of the molecule is CC(C)OC(=O)[C@H]1C(=O)C[C@](C)(O)[C@@H](C(=O)OC(C)C)[C@H]1/C=C/c1ccccc1. The lowest BCUT2D eigenvalue weighted by Gasteiger charge is -2.42. The fraction of sp³-hybridized carbons (Fsp3) is 0.522. The molecule has 1 saturated carbocycles. The number of hydrogen-bond acceptors (Lipinski definition) is 6. The highest BCUT2D eigenvalue weighted by molar-refractivity contribution is 6.02. The molecule has 4 atom stereocenters. The Morgan fingerprint density at radius 2 is 1.62 bits per heavy atom. The first-order chi connectivity index (χ1) is 13.5. The summed E-state index contributed by atoms with van der Waals surface area (Å²) in [5, 5.41) is 10.9. The molecule has 1 aliphatic rings. The Balaban J connectivity index is 2.50. The lowest BCUT2D eigenvalue weighted by Crippen LogP contribution is -2.56. The zero-order valence-electron chi connectivity index (χ0n) is 17.6. The van der Waals surface area contributed by atoms with E-state index in [9.17, 15) is 19.5 Å². The van der Waals surface area contributed by atoms with Gasteiger partial charge in [0.2, 0.25) is 0 Å². The molecular weight excluding hydrogens is 372 g/mol. The number of aliphatic hydroxyl groups is 1. The van der Waals surface area contributed by atoms with E-state index in [0.717, 1.165) is 5.56 Å². The Kier molecular flexibility index (Phi) is 7.36. The molecule has 6 nitrogen and oxygen atoms in total. The number of rotatable bonds is 6. The van der Waals surface area contributed by atoms with Crippen molar-refractivity contribution in [3.05, 3.63) is 42.0 Å². The molecule has 1 aromatic rings. The van der Waals surface area contributed by atoms with Gasteiger partial charge in [-0.2, -0.15) is 0 Å². The highest BCUT2D eigenvalue weighted by atomic mass is 16.5. The van der Waals surface area contributed by atoms with Crippen LogP contribution in [0.4, 0.5) is 0 Å². The minimum Gasteiger partial charge on any atom is -0.463 e. The van der Waals surface area contributed by atoms with Gasteiger partial charge in [-0.25, -0.2) is 0 Å². The predicted molar refractivity (Wildman–Crippen MR) is 109 cm³/mol. The molecule has 6 heteroatoms. The number of allylic oxidation sites excluding steroid dienone is 1. The standard InChI is InChI=1S/C23H30O6/c1-14(2)28-21(25)19-17(12-11-16-9-7-6-8-10-16)20(22(26)29-15(3)4)23(5,27)13-18(19)24/h6-12,14-15,17,19-20,27H,13H2,1-5H3/b12-11+/t17-,19+,20+,23-/m0/s1. The van der Waals surface area contributed by atoms with E-state index in [1.165, 1.54) is 6.92 Å². The Bertz CT molecular complexity index is 755. The van der Waals surface area contributed by atoms with Gasteiger partial charge in [0, 0.05) is 12.3 Å². The fourth-order valence-corrected chi connectivity index (χ4v) is 3.71. The molecule has 1 aromatic carbocycles. The van der Waals surface area contributed by atoms with Crippen molar-refractivity contribution in [2.45, 2.75) is 58.8 Å². The Morgan fingerprint density at radius 1 is 1.07 bits per heavy atom. The van der Waals surface area contributed by atoms with Gasteiger partial charge in [-0.15, -0.1) is 0 Å². The average Bonchev–Trinajstić information content (AvgIpc) is 2.58. The third kappa shape index (κ3) is 5.76. The van der Waals surface area contributed by atoms with E-state index >= 15 is 0 Å². The van der Waals surface area contributed by atoms with Crippen molar-refractivity contribution in [2.24, 2.45) is 17.8 Å². The van der Waals surface area contributed by atoms with Crippen molar-refractivity contribution in [1.29, 1.82) is 0 Å². The number of carbonyl (C=O) groups excluding carboxylic acids is 3. The Hall–Kier alpha value is -2.47. The van der Waals surface area contributed by atoms with Crippen molar-refractivity contribution in [2.75, 3.05) is 0 Å². The second-order valence-electron chi connectivity index (χ2n) is 8.27. The largest absolute Gasteiger partial charge is 0.463 e. The normalized spacial score (nSPS) is 27.4. The third-order valence-corrected chi connectivity index (χ3v) is 4.84. The molecule has 0 radical (unpaired) electrons. The van der Waals surface area contributed by atoms with Gasteiger partial charge in [-0.05, 0) is 40.2 Å². The molecule has 0 saturated heterocycles. The maximum absolute atomic E-state index is 12.9. The summed E-state index contributed by atoms with van der Waals surface area (Å²) in [7, 11) is 0. The molecule has 0 aliphatic heterocycles. The van der Waals surface area contributed by atoms with Crippen LogP contribution < -0.4 is 0 Å². The quantitative estimate of drug-likeness (QED) is 0.581. The Labute approximate surface area is 171 Å². The highest BCUT2D eigenvalue weighted by Gasteiger charge is 2.56. The topological polar surface area (TPSA) is 89.9 Å². The number of ether oxygens (including phenoxy) is 2. The van der Waals surface area contributed by atoms with Crippen LogP contribution in [0.25, 0.3) is 6.08 Å². The van der Waals surface area contributed by atoms with Crippen LogP contribution in [-0.2, 0) is 23.9 Å². The van der Waals surface area contributed by atoms with Crippen LogP contribution in [0, 0.1) is 17.8 Å². The van der Waals surface area contributed by atoms with Crippen molar-refractivity contribution in [3.63, 3.8) is 0 Å². The zero-order chi connectivity index (χ0) is 21.8. The van der Waals surface area contributed by atoms with Crippen LogP contribution in [0.2, 0.25) is 0 Å². The van der Waals surface area contributed by atoms with Crippen molar-refractivity contribution >= 4 is 23.8 Å². The van der Waals surface area contributed by atoms with Gasteiger partial charge in [0.25, 0.3) is 0 Å². The van der Waals surface area contributed by atoms with Gasteiger partial charge in [0.1, 0.15) is 5.92 Å². The highest BCUT2D eigenvalue weighted by Crippen LogP contribution is 2.42. The van der Waals surface area contributed by atoms with E-state index in [2.05, 4.69) is 0 Å². The smallest absolute Gasteiger partial charge is 0.317 e. The number of benzene rings is 1. The first kappa shape index (κ1) is 22.8. The van der Waals surface area contributed by atoms with Gasteiger partial charge < -0.3 is 14.6 Å². The van der Waals surface area contributed by atoms with Gasteiger partial charge in [0.15, 0.2) is 5.78 Å². The second-order valence-corrected chi connectivity index (χ2v) is 8.27. The zero-order valence-corrected chi connectivity index (χ0v) is 17.6. The first-order valence-corrected chi connectivity index (χ1v) is 9.92. The van der Waals surface area contributed by atoms with Crippen LogP contribution >= 0.6 is 0 Å². The van der Waals surface area contributed by atoms with Crippen LogP contribution in [0.1, 0.15) is 46.6 Å². The minimum atomic E-state index is -1.64. The van der Waals surface area contributed by atoms with Crippen molar-refractivity contribution in [1.82, 2.24) is 0 Å². The number of esters is 2. The van der Waals surface area contributed by atoms with E-state index in [4.69, 9.17) is 9.47 Å². The van der Waals surface area contributed by atoms with Gasteiger partial charge in [-0.1, -0.05) is 42.5 Å². The van der Waals surface area contributed by atoms with Gasteiger partial charge in [0.05, 0.1) is 23.7 Å². The molecule has 0 bridgehead atoms. The number of ketones is 1. The summed E-state index contributed by atoms with van der Waals surface area (Å²) in [5.41, 5.74) is -0.791. The summed E-state index contributed by atoms with van der Waals surface area (Å²) in [6.07, 6.45) is 2.26. The summed E-state index contributed by atoms with van der Waals surface area (Å²) in [6, 6.07) is 9.32. The van der Waals surface area contributed by atoms with Crippen molar-refractivity contribution < 1.29 is 29.0 Å². The number of hydrogen-bond donors (Lipinski definition) is 1. The van der Waals surface area contributed by atoms with Gasteiger partial charge in [-0.3, -0.25) is 14.4 Å². The molecule has 29 heavy (non-hydrogen) atoms. The van der Waals surface area contributed by atoms with Crippen LogP contribution in [0.15, 0.2) is 36.4 Å². The number of carbonyl (C=O) groups is 3. The summed E-state index contributed by atoms with van der Waals surface area (Å²) in [6.45, 7) is 8.24. The maximum Gasteiger partial charge on any atom is 0.317 e. The lowest BCUT2D eigenvalue weighted by molar-refractivity contribution is -0.178. The first-order valence-electron chi connectivity index (χ1n) is 9.92. The monoisotopic (exact) mass is 402 g/mol. The molecule has 2 rings (SSSR count). The molecule has 1 fully saturated rings. The van der Waals surface area contributed by atoms with Crippen molar-refractivity contribution in [3.8, 4) is 0 Å². The lowest BCUT2D eigenvalue weighted by atomic mass is 9.63. The molecule has 158 valence electrons. The average molecular weight is 402 g/mol. The predicted octanol–water partition coefficient (Wildman–Crippen LogP) is 3.18. The molecule has 1 aliphatic carbocycles. The van der Waals surface area contributed by atoms with Crippen LogP contribution in [0.5, 0.6) is 0 Å². The molecule has 0 spiro atoms. The molecule has 0 unspecified atom stereocenters. The summed E-state index contributed by atoms with van der Waals surface area (Å²) >= 11 is 0. The molecule has 1 N–H and O–H groups in total. The van der Waals surface area contributed by atoms with E-state index in [0.29, 0.717) is 0 Å². The molecule has 0 amide bonds.